The second-order valence-electron chi connectivity index (χ2n) is 19.0. The number of furan rings is 2. The smallest absolute Gasteiger partial charge is 0.137 e. The Morgan fingerprint density at radius 3 is 1.64 bits per heavy atom. The monoisotopic (exact) mass is 906 g/mol. The van der Waals surface area contributed by atoms with Crippen LogP contribution in [0.5, 0.6) is 0 Å². The van der Waals surface area contributed by atoms with Crippen molar-refractivity contribution in [3.63, 3.8) is 0 Å². The molecule has 0 fully saturated rings. The number of hydrogen-bond donors (Lipinski definition) is 0. The highest BCUT2D eigenvalue weighted by Gasteiger charge is 2.35. The molecule has 2 atom stereocenters. The molecule has 0 spiro atoms. The predicted octanol–water partition coefficient (Wildman–Crippen LogP) is 18.4. The highest BCUT2D eigenvalue weighted by molar-refractivity contribution is 6.24. The van der Waals surface area contributed by atoms with Crippen LogP contribution in [0.2, 0.25) is 0 Å². The van der Waals surface area contributed by atoms with Crippen LogP contribution in [0.3, 0.4) is 0 Å². The summed E-state index contributed by atoms with van der Waals surface area (Å²) in [6.07, 6.45) is 2.34. The molecule has 340 valence electrons. The van der Waals surface area contributed by atoms with Gasteiger partial charge in [0.2, 0.25) is 0 Å². The molecule has 12 aromatic rings. The number of para-hydroxylation sites is 3. The third-order valence-electron chi connectivity index (χ3n) is 15.4. The van der Waals surface area contributed by atoms with E-state index in [1.54, 1.807) is 0 Å². The van der Waals surface area contributed by atoms with Gasteiger partial charge in [-0.15, -0.1) is 0 Å². The zero-order valence-electron chi connectivity index (χ0n) is 40.7. The maximum atomic E-state index is 11.2. The fourth-order valence-corrected chi connectivity index (χ4v) is 12.4. The molecule has 0 aliphatic rings. The Labute approximate surface area is 409 Å². The van der Waals surface area contributed by atoms with E-state index >= 15 is 0 Å². The standard InChI is InChI=1S/C66H54N2O2/c1-7-43-59(41(6)60-49(45-25-13-10-22-39(45)4)34-36-57-63(60)51-29-17-20-32-55(51)69-57)44(8-2)62(47-27-15-12-24-42(47)38-67)65(61(43)46-26-14-11-23-40(46)5)53(9-3)68-54-31-19-16-28-48(54)50-35-37-58-64(66(50)68)52-30-18-21-33-56(52)70-58/h10-37,41,53H,7-9H2,1-6H3. The van der Waals surface area contributed by atoms with Crippen LogP contribution in [0.25, 0.3) is 99.1 Å². The Hall–Kier alpha value is -8.13. The van der Waals surface area contributed by atoms with Crippen molar-refractivity contribution in [1.82, 2.24) is 4.57 Å². The molecule has 0 bridgehead atoms. The summed E-state index contributed by atoms with van der Waals surface area (Å²) in [6, 6.07) is 63.3. The largest absolute Gasteiger partial charge is 0.456 e. The van der Waals surface area contributed by atoms with Crippen molar-refractivity contribution in [2.45, 2.75) is 72.8 Å². The second kappa shape index (κ2) is 17.1. The lowest BCUT2D eigenvalue weighted by molar-refractivity contribution is 0.602. The minimum absolute atomic E-state index is 0.0979. The third kappa shape index (κ3) is 6.41. The van der Waals surface area contributed by atoms with Gasteiger partial charge in [-0.05, 0) is 142 Å². The lowest BCUT2D eigenvalue weighted by Crippen LogP contribution is -2.19. The van der Waals surface area contributed by atoms with E-state index in [0.717, 1.165) is 74.3 Å². The van der Waals surface area contributed by atoms with Gasteiger partial charge < -0.3 is 13.4 Å². The molecule has 0 saturated carbocycles. The normalized spacial score (nSPS) is 12.8. The number of rotatable bonds is 10. The van der Waals surface area contributed by atoms with Crippen LogP contribution in [0.4, 0.5) is 0 Å². The van der Waals surface area contributed by atoms with Gasteiger partial charge in [-0.3, -0.25) is 0 Å². The summed E-state index contributed by atoms with van der Waals surface area (Å²) in [4.78, 5) is 0. The van der Waals surface area contributed by atoms with Crippen LogP contribution in [-0.2, 0) is 12.8 Å². The quantitative estimate of drug-likeness (QED) is 0.137. The molecule has 0 aliphatic heterocycles. The van der Waals surface area contributed by atoms with E-state index in [4.69, 9.17) is 8.83 Å². The van der Waals surface area contributed by atoms with E-state index in [-0.39, 0.29) is 12.0 Å². The molecule has 3 heterocycles. The number of benzene rings is 9. The average Bonchev–Trinajstić information content (AvgIpc) is 4.08. The van der Waals surface area contributed by atoms with Gasteiger partial charge in [0.15, 0.2) is 0 Å². The van der Waals surface area contributed by atoms with Gasteiger partial charge in [-0.1, -0.05) is 155 Å². The number of aromatic nitrogens is 1. The summed E-state index contributed by atoms with van der Waals surface area (Å²) in [5.41, 5.74) is 22.4. The lowest BCUT2D eigenvalue weighted by Gasteiger charge is -2.35. The Balaban J connectivity index is 1.29. The molecule has 0 radical (unpaired) electrons. The fourth-order valence-electron chi connectivity index (χ4n) is 12.4. The van der Waals surface area contributed by atoms with Gasteiger partial charge in [0.05, 0.1) is 28.6 Å². The summed E-state index contributed by atoms with van der Waals surface area (Å²) in [6.45, 7) is 13.9. The first-order chi connectivity index (χ1) is 34.4. The number of nitriles is 1. The Morgan fingerprint density at radius 1 is 0.471 bits per heavy atom. The van der Waals surface area contributed by atoms with Crippen molar-refractivity contribution >= 4 is 65.7 Å². The number of nitrogens with zero attached hydrogens (tertiary/aromatic N) is 2. The SMILES string of the molecule is CCc1c(-c2ccccc2C)c(C(CC)n2c3ccccc3c3ccc4oc5ccccc5c4c32)c(-c2ccccc2C#N)c(CC)c1C(C)c1c(-c2ccccc2C)ccc2oc3ccccc3c12. The third-order valence-corrected chi connectivity index (χ3v) is 15.4. The maximum absolute atomic E-state index is 11.2. The molecule has 0 amide bonds. The van der Waals surface area contributed by atoms with Crippen LogP contribution in [0, 0.1) is 25.2 Å². The number of aryl methyl sites for hydroxylation is 2. The van der Waals surface area contributed by atoms with E-state index in [1.165, 1.54) is 83.0 Å². The molecule has 70 heavy (non-hydrogen) atoms. The van der Waals surface area contributed by atoms with Gasteiger partial charge >= 0.3 is 0 Å². The fraction of sp³-hybridized carbons (Fsp3) is 0.167. The van der Waals surface area contributed by atoms with Crippen LogP contribution in [0.15, 0.2) is 179 Å². The van der Waals surface area contributed by atoms with E-state index in [0.29, 0.717) is 5.56 Å². The summed E-state index contributed by atoms with van der Waals surface area (Å²) in [7, 11) is 0. The van der Waals surface area contributed by atoms with Crippen LogP contribution in [-0.4, -0.2) is 4.57 Å². The van der Waals surface area contributed by atoms with Crippen molar-refractivity contribution in [1.29, 1.82) is 5.26 Å². The van der Waals surface area contributed by atoms with Gasteiger partial charge in [0, 0.05) is 43.9 Å². The molecule has 3 aromatic heterocycles. The Morgan fingerprint density at radius 2 is 1.00 bits per heavy atom. The minimum Gasteiger partial charge on any atom is -0.456 e. The first kappa shape index (κ1) is 43.2. The van der Waals surface area contributed by atoms with Gasteiger partial charge in [0.25, 0.3) is 0 Å². The Kier molecular flexibility index (Phi) is 10.6. The highest BCUT2D eigenvalue weighted by Crippen LogP contribution is 2.54. The summed E-state index contributed by atoms with van der Waals surface area (Å²) in [5.74, 6) is -0.0979. The summed E-state index contributed by atoms with van der Waals surface area (Å²) < 4.78 is 16.0. The van der Waals surface area contributed by atoms with E-state index < -0.39 is 0 Å². The molecule has 2 unspecified atom stereocenters. The molecule has 0 aliphatic carbocycles. The van der Waals surface area contributed by atoms with E-state index in [2.05, 4.69) is 210 Å². The molecule has 0 saturated heterocycles. The molecule has 4 nitrogen and oxygen atoms in total. The van der Waals surface area contributed by atoms with Crippen LogP contribution < -0.4 is 0 Å². The van der Waals surface area contributed by atoms with Crippen molar-refractivity contribution in [3.8, 4) is 39.4 Å². The zero-order chi connectivity index (χ0) is 47.8. The van der Waals surface area contributed by atoms with E-state index in [9.17, 15) is 5.26 Å². The van der Waals surface area contributed by atoms with Gasteiger partial charge in [-0.25, -0.2) is 0 Å². The molecule has 4 heteroatoms. The first-order valence-electron chi connectivity index (χ1n) is 25.0. The first-order valence-corrected chi connectivity index (χ1v) is 25.0. The van der Waals surface area contributed by atoms with Crippen molar-refractivity contribution in [2.24, 2.45) is 0 Å². The average molecular weight is 907 g/mol. The molecule has 0 N–H and O–H groups in total. The van der Waals surface area contributed by atoms with Crippen molar-refractivity contribution in [2.75, 3.05) is 0 Å². The van der Waals surface area contributed by atoms with E-state index in [1.807, 2.05) is 12.1 Å². The van der Waals surface area contributed by atoms with Gasteiger partial charge in [-0.2, -0.15) is 5.26 Å². The number of hydrogen-bond acceptors (Lipinski definition) is 3. The van der Waals surface area contributed by atoms with Crippen LogP contribution in [0.1, 0.15) is 90.6 Å². The van der Waals surface area contributed by atoms with Crippen molar-refractivity contribution in [3.05, 3.63) is 214 Å². The maximum Gasteiger partial charge on any atom is 0.137 e. The van der Waals surface area contributed by atoms with Gasteiger partial charge in [0.1, 0.15) is 22.3 Å². The lowest BCUT2D eigenvalue weighted by atomic mass is 9.71. The molecular formula is C66H54N2O2. The molecule has 9 aromatic carbocycles. The van der Waals surface area contributed by atoms with Crippen LogP contribution >= 0.6 is 0 Å². The number of fused-ring (bicyclic) bond motifs is 10. The zero-order valence-corrected chi connectivity index (χ0v) is 40.7. The Bertz CT molecular complexity index is 4090. The second-order valence-corrected chi connectivity index (χ2v) is 19.0. The molecule has 12 rings (SSSR count). The summed E-state index contributed by atoms with van der Waals surface area (Å²) >= 11 is 0. The minimum atomic E-state index is -0.165. The summed E-state index contributed by atoms with van der Waals surface area (Å²) in [5, 5.41) is 18.1. The topological polar surface area (TPSA) is 55.0 Å². The highest BCUT2D eigenvalue weighted by atomic mass is 16.3. The van der Waals surface area contributed by atoms with Crippen molar-refractivity contribution < 1.29 is 8.83 Å². The predicted molar refractivity (Wildman–Crippen MR) is 292 cm³/mol. The molecular weight excluding hydrogens is 853 g/mol.